The lowest BCUT2D eigenvalue weighted by molar-refractivity contribution is -0.134. The summed E-state index contributed by atoms with van der Waals surface area (Å²) < 4.78 is 25.3. The van der Waals surface area contributed by atoms with Crippen LogP contribution in [0.5, 0.6) is 0 Å². The van der Waals surface area contributed by atoms with Gasteiger partial charge >= 0.3 is 6.03 Å². The molecule has 1 spiro atoms. The van der Waals surface area contributed by atoms with Gasteiger partial charge in [0.15, 0.2) is 0 Å². The minimum absolute atomic E-state index is 0.0893. The molecule has 0 unspecified atom stereocenters. The fraction of sp³-hybridized carbons (Fsp3) is 0.286. The Balaban J connectivity index is 1.46. The summed E-state index contributed by atoms with van der Waals surface area (Å²) in [6.45, 7) is -0.438. The molecule has 1 atom stereocenters. The monoisotopic (exact) mass is 442 g/mol. The molecule has 0 aromatic heterocycles. The Morgan fingerprint density at radius 3 is 2.48 bits per heavy atom. The van der Waals surface area contributed by atoms with Crippen LogP contribution in [0, 0.1) is 0 Å². The molecule has 2 aromatic carbocycles. The summed E-state index contributed by atoms with van der Waals surface area (Å²) in [4.78, 5) is 39.1. The number of carbonyl (C=O) groups is 3. The Morgan fingerprint density at radius 2 is 1.81 bits per heavy atom. The van der Waals surface area contributed by atoms with Gasteiger partial charge in [-0.3, -0.25) is 14.5 Å². The molecular formula is C21H22N4O5S. The standard InChI is InChI=1S/C21H22N4O5S/c1-24(2)31(29,30)16-9-7-15(8-10-16)22-18(26)13-25-19(27)21(23-20(25)28)12-11-14-5-3-4-6-17(14)21/h3-10H,11-13H2,1-2H3,(H,22,26)(H,23,28)/t21-/m0/s1. The Hall–Kier alpha value is -3.24. The number of anilines is 1. The van der Waals surface area contributed by atoms with E-state index >= 15 is 0 Å². The highest BCUT2D eigenvalue weighted by atomic mass is 32.2. The zero-order chi connectivity index (χ0) is 22.4. The number of hydrogen-bond donors (Lipinski definition) is 2. The summed E-state index contributed by atoms with van der Waals surface area (Å²) in [5.74, 6) is -1.000. The van der Waals surface area contributed by atoms with Crippen LogP contribution in [0.25, 0.3) is 0 Å². The predicted octanol–water partition coefficient (Wildman–Crippen LogP) is 1.27. The van der Waals surface area contributed by atoms with Crippen molar-refractivity contribution in [2.45, 2.75) is 23.3 Å². The fourth-order valence-electron chi connectivity index (χ4n) is 4.00. The van der Waals surface area contributed by atoms with E-state index in [-0.39, 0.29) is 4.90 Å². The van der Waals surface area contributed by atoms with Gasteiger partial charge in [0, 0.05) is 19.8 Å². The van der Waals surface area contributed by atoms with Crippen molar-refractivity contribution in [3.63, 3.8) is 0 Å². The number of amides is 4. The topological polar surface area (TPSA) is 116 Å². The summed E-state index contributed by atoms with van der Waals surface area (Å²) >= 11 is 0. The number of rotatable bonds is 5. The summed E-state index contributed by atoms with van der Waals surface area (Å²) in [6, 6.07) is 12.5. The van der Waals surface area contributed by atoms with Gasteiger partial charge in [-0.15, -0.1) is 0 Å². The van der Waals surface area contributed by atoms with Crippen molar-refractivity contribution in [1.29, 1.82) is 0 Å². The van der Waals surface area contributed by atoms with Gasteiger partial charge in [-0.05, 0) is 48.2 Å². The highest BCUT2D eigenvalue weighted by molar-refractivity contribution is 7.89. The normalized spacial score (nSPS) is 20.3. The lowest BCUT2D eigenvalue weighted by Crippen LogP contribution is -2.43. The van der Waals surface area contributed by atoms with Gasteiger partial charge in [0.2, 0.25) is 15.9 Å². The van der Waals surface area contributed by atoms with Crippen molar-refractivity contribution in [2.24, 2.45) is 0 Å². The number of urea groups is 1. The van der Waals surface area contributed by atoms with E-state index in [9.17, 15) is 22.8 Å². The number of sulfonamides is 1. The predicted molar refractivity (Wildman–Crippen MR) is 113 cm³/mol. The van der Waals surface area contributed by atoms with Crippen LogP contribution >= 0.6 is 0 Å². The molecule has 0 radical (unpaired) electrons. The molecule has 4 amide bonds. The lowest BCUT2D eigenvalue weighted by atomic mass is 9.92. The molecule has 31 heavy (non-hydrogen) atoms. The molecular weight excluding hydrogens is 420 g/mol. The molecule has 1 aliphatic heterocycles. The molecule has 2 N–H and O–H groups in total. The van der Waals surface area contributed by atoms with Crippen LogP contribution in [-0.4, -0.2) is 56.1 Å². The molecule has 0 bridgehead atoms. The molecule has 1 heterocycles. The van der Waals surface area contributed by atoms with Crippen molar-refractivity contribution < 1.29 is 22.8 Å². The van der Waals surface area contributed by atoms with E-state index in [1.807, 2.05) is 24.3 Å². The smallest absolute Gasteiger partial charge is 0.325 e. The van der Waals surface area contributed by atoms with Crippen LogP contribution in [0.4, 0.5) is 10.5 Å². The zero-order valence-corrected chi connectivity index (χ0v) is 17.9. The van der Waals surface area contributed by atoms with E-state index < -0.39 is 40.0 Å². The van der Waals surface area contributed by atoms with Crippen LogP contribution in [0.2, 0.25) is 0 Å². The van der Waals surface area contributed by atoms with Gasteiger partial charge in [0.1, 0.15) is 12.1 Å². The van der Waals surface area contributed by atoms with Gasteiger partial charge in [-0.2, -0.15) is 0 Å². The number of fused-ring (bicyclic) bond motifs is 2. The molecule has 4 rings (SSSR count). The first-order valence-corrected chi connectivity index (χ1v) is 11.1. The second kappa shape index (κ2) is 7.47. The van der Waals surface area contributed by atoms with Crippen LogP contribution in [0.3, 0.4) is 0 Å². The van der Waals surface area contributed by atoms with E-state index in [0.29, 0.717) is 18.5 Å². The maximum atomic E-state index is 13.1. The molecule has 2 aromatic rings. The highest BCUT2D eigenvalue weighted by Crippen LogP contribution is 2.41. The third-order valence-corrected chi connectivity index (χ3v) is 7.47. The average molecular weight is 442 g/mol. The summed E-state index contributed by atoms with van der Waals surface area (Å²) in [7, 11) is -0.719. The van der Waals surface area contributed by atoms with Gasteiger partial charge in [-0.25, -0.2) is 17.5 Å². The van der Waals surface area contributed by atoms with Crippen LogP contribution < -0.4 is 10.6 Å². The average Bonchev–Trinajstić information content (AvgIpc) is 3.22. The Kier molecular flexibility index (Phi) is 5.06. The zero-order valence-electron chi connectivity index (χ0n) is 17.1. The molecule has 10 heteroatoms. The third-order valence-electron chi connectivity index (χ3n) is 5.64. The highest BCUT2D eigenvalue weighted by Gasteiger charge is 2.55. The minimum Gasteiger partial charge on any atom is -0.325 e. The van der Waals surface area contributed by atoms with Crippen molar-refractivity contribution >= 4 is 33.6 Å². The first kappa shape index (κ1) is 21.0. The molecule has 0 saturated carbocycles. The molecule has 2 aliphatic rings. The summed E-state index contributed by atoms with van der Waals surface area (Å²) in [6.07, 6.45) is 1.13. The van der Waals surface area contributed by atoms with Gasteiger partial charge in [0.25, 0.3) is 5.91 Å². The van der Waals surface area contributed by atoms with E-state index in [4.69, 9.17) is 0 Å². The maximum absolute atomic E-state index is 13.1. The minimum atomic E-state index is -3.58. The van der Waals surface area contributed by atoms with Crippen LogP contribution in [0.15, 0.2) is 53.4 Å². The first-order chi connectivity index (χ1) is 14.6. The van der Waals surface area contributed by atoms with E-state index in [1.54, 1.807) is 0 Å². The number of nitrogens with one attached hydrogen (secondary N) is 2. The first-order valence-electron chi connectivity index (χ1n) is 9.70. The number of imide groups is 1. The SMILES string of the molecule is CN(C)S(=O)(=O)c1ccc(NC(=O)CN2C(=O)N[C@]3(CCc4ccccc43)C2=O)cc1. The fourth-order valence-corrected chi connectivity index (χ4v) is 4.90. The lowest BCUT2D eigenvalue weighted by Gasteiger charge is -2.22. The maximum Gasteiger partial charge on any atom is 0.325 e. The van der Waals surface area contributed by atoms with Gasteiger partial charge in [0.05, 0.1) is 4.90 Å². The molecule has 1 aliphatic carbocycles. The number of nitrogens with zero attached hydrogens (tertiary/aromatic N) is 2. The molecule has 9 nitrogen and oxygen atoms in total. The van der Waals surface area contributed by atoms with Crippen molar-refractivity contribution in [3.05, 3.63) is 59.7 Å². The van der Waals surface area contributed by atoms with Crippen molar-refractivity contribution in [1.82, 2.24) is 14.5 Å². The Bertz CT molecular complexity index is 1180. The number of carbonyl (C=O) groups excluding carboxylic acids is 3. The van der Waals surface area contributed by atoms with Crippen LogP contribution in [0.1, 0.15) is 17.5 Å². The van der Waals surface area contributed by atoms with E-state index in [1.165, 1.54) is 38.4 Å². The third kappa shape index (κ3) is 3.47. The van der Waals surface area contributed by atoms with Gasteiger partial charge < -0.3 is 10.6 Å². The molecule has 162 valence electrons. The Labute approximate surface area is 180 Å². The van der Waals surface area contributed by atoms with Crippen molar-refractivity contribution in [3.8, 4) is 0 Å². The second-order valence-electron chi connectivity index (χ2n) is 7.74. The quantitative estimate of drug-likeness (QED) is 0.677. The van der Waals surface area contributed by atoms with E-state index in [2.05, 4.69) is 10.6 Å². The molecule has 1 saturated heterocycles. The van der Waals surface area contributed by atoms with Crippen molar-refractivity contribution in [2.75, 3.05) is 26.0 Å². The summed E-state index contributed by atoms with van der Waals surface area (Å²) in [5, 5.41) is 5.37. The number of benzene rings is 2. The van der Waals surface area contributed by atoms with E-state index in [0.717, 1.165) is 20.3 Å². The number of hydrogen-bond acceptors (Lipinski definition) is 5. The number of aryl methyl sites for hydroxylation is 1. The summed E-state index contributed by atoms with van der Waals surface area (Å²) in [5.41, 5.74) is 1.02. The molecule has 1 fully saturated rings. The van der Waals surface area contributed by atoms with Gasteiger partial charge in [-0.1, -0.05) is 24.3 Å². The Morgan fingerprint density at radius 1 is 1.13 bits per heavy atom. The largest absolute Gasteiger partial charge is 0.325 e. The van der Waals surface area contributed by atoms with Crippen LogP contribution in [-0.2, 0) is 31.6 Å². The second-order valence-corrected chi connectivity index (χ2v) is 9.90.